The Balaban J connectivity index is 2.11. The van der Waals surface area contributed by atoms with Crippen molar-refractivity contribution in [1.29, 1.82) is 0 Å². The minimum absolute atomic E-state index is 0.0442. The number of halogens is 2. The molecule has 0 aliphatic carbocycles. The van der Waals surface area contributed by atoms with E-state index in [-0.39, 0.29) is 12.3 Å². The zero-order chi connectivity index (χ0) is 15.4. The van der Waals surface area contributed by atoms with Crippen LogP contribution in [-0.2, 0) is 13.2 Å². The molecule has 0 heterocycles. The summed E-state index contributed by atoms with van der Waals surface area (Å²) in [6.07, 6.45) is 0. The van der Waals surface area contributed by atoms with Gasteiger partial charge < -0.3 is 10.5 Å². The maximum absolute atomic E-state index is 10.6. The third-order valence-corrected chi connectivity index (χ3v) is 3.83. The SMILES string of the molecule is NCc1ccc(OCc2ccc([N+](=O)[O-])cc2Cl)c(Br)c1. The van der Waals surface area contributed by atoms with Gasteiger partial charge in [0.05, 0.1) is 14.4 Å². The van der Waals surface area contributed by atoms with Gasteiger partial charge in [0.15, 0.2) is 0 Å². The number of nitrogens with two attached hydrogens (primary N) is 1. The van der Waals surface area contributed by atoms with E-state index in [9.17, 15) is 10.1 Å². The number of hydrogen-bond acceptors (Lipinski definition) is 4. The molecule has 0 amide bonds. The van der Waals surface area contributed by atoms with E-state index in [1.807, 2.05) is 18.2 Å². The summed E-state index contributed by atoms with van der Waals surface area (Å²) in [5.41, 5.74) is 7.18. The molecule has 7 heteroatoms. The number of nitrogens with zero attached hydrogens (tertiary/aromatic N) is 1. The van der Waals surface area contributed by atoms with Crippen molar-refractivity contribution < 1.29 is 9.66 Å². The Labute approximate surface area is 134 Å². The first-order valence-corrected chi connectivity index (χ1v) is 7.22. The van der Waals surface area contributed by atoms with E-state index in [1.165, 1.54) is 12.1 Å². The first-order chi connectivity index (χ1) is 10.0. The highest BCUT2D eigenvalue weighted by atomic mass is 79.9. The van der Waals surface area contributed by atoms with E-state index < -0.39 is 4.92 Å². The average Bonchev–Trinajstić information content (AvgIpc) is 2.46. The predicted octanol–water partition coefficient (Wildman–Crippen LogP) is 4.05. The topological polar surface area (TPSA) is 78.4 Å². The van der Waals surface area contributed by atoms with Crippen LogP contribution >= 0.6 is 27.5 Å². The molecule has 0 fully saturated rings. The first-order valence-electron chi connectivity index (χ1n) is 6.05. The zero-order valence-electron chi connectivity index (χ0n) is 10.9. The Hall–Kier alpha value is -1.63. The van der Waals surface area contributed by atoms with Crippen molar-refractivity contribution in [2.75, 3.05) is 0 Å². The van der Waals surface area contributed by atoms with Crippen LogP contribution in [0.3, 0.4) is 0 Å². The quantitative estimate of drug-likeness (QED) is 0.635. The van der Waals surface area contributed by atoms with Gasteiger partial charge in [0.2, 0.25) is 0 Å². The molecule has 0 radical (unpaired) electrons. The smallest absolute Gasteiger partial charge is 0.270 e. The molecule has 2 N–H and O–H groups in total. The van der Waals surface area contributed by atoms with Crippen molar-refractivity contribution in [3.8, 4) is 5.75 Å². The molecule has 0 spiro atoms. The fraction of sp³-hybridized carbons (Fsp3) is 0.143. The summed E-state index contributed by atoms with van der Waals surface area (Å²) < 4.78 is 6.46. The molecule has 5 nitrogen and oxygen atoms in total. The van der Waals surface area contributed by atoms with E-state index >= 15 is 0 Å². The predicted molar refractivity (Wildman–Crippen MR) is 84.5 cm³/mol. The summed E-state index contributed by atoms with van der Waals surface area (Å²) in [4.78, 5) is 10.2. The van der Waals surface area contributed by atoms with E-state index in [0.717, 1.165) is 10.0 Å². The molecule has 21 heavy (non-hydrogen) atoms. The van der Waals surface area contributed by atoms with Crippen LogP contribution in [0.4, 0.5) is 5.69 Å². The number of nitro groups is 1. The number of ether oxygens (including phenoxy) is 1. The Bertz CT molecular complexity index is 679. The number of nitro benzene ring substituents is 1. The fourth-order valence-corrected chi connectivity index (χ4v) is 2.48. The lowest BCUT2D eigenvalue weighted by Gasteiger charge is -2.10. The van der Waals surface area contributed by atoms with E-state index in [0.29, 0.717) is 22.9 Å². The van der Waals surface area contributed by atoms with E-state index in [2.05, 4.69) is 15.9 Å². The van der Waals surface area contributed by atoms with Crippen molar-refractivity contribution in [3.63, 3.8) is 0 Å². The van der Waals surface area contributed by atoms with Gasteiger partial charge in [-0.3, -0.25) is 10.1 Å². The maximum atomic E-state index is 10.6. The molecule has 0 saturated carbocycles. The summed E-state index contributed by atoms with van der Waals surface area (Å²) in [7, 11) is 0. The summed E-state index contributed by atoms with van der Waals surface area (Å²) in [5.74, 6) is 0.654. The highest BCUT2D eigenvalue weighted by molar-refractivity contribution is 9.10. The second-order valence-electron chi connectivity index (χ2n) is 4.29. The number of benzene rings is 2. The molecule has 2 aromatic carbocycles. The minimum atomic E-state index is -0.487. The number of hydrogen-bond donors (Lipinski definition) is 1. The monoisotopic (exact) mass is 370 g/mol. The average molecular weight is 372 g/mol. The molecular formula is C14H12BrClN2O3. The molecule has 0 atom stereocenters. The maximum Gasteiger partial charge on any atom is 0.270 e. The van der Waals surface area contributed by atoms with Crippen LogP contribution in [0.2, 0.25) is 5.02 Å². The third-order valence-electron chi connectivity index (χ3n) is 2.86. The van der Waals surface area contributed by atoms with Gasteiger partial charge in [-0.15, -0.1) is 0 Å². The van der Waals surface area contributed by atoms with Crippen LogP contribution in [0.1, 0.15) is 11.1 Å². The minimum Gasteiger partial charge on any atom is -0.488 e. The van der Waals surface area contributed by atoms with Gasteiger partial charge in [-0.05, 0) is 39.7 Å². The van der Waals surface area contributed by atoms with Crippen LogP contribution in [0.25, 0.3) is 0 Å². The second-order valence-corrected chi connectivity index (χ2v) is 5.55. The van der Waals surface area contributed by atoms with Crippen LogP contribution in [0.15, 0.2) is 40.9 Å². The molecule has 2 rings (SSSR count). The van der Waals surface area contributed by atoms with Crippen LogP contribution in [0.5, 0.6) is 5.75 Å². The van der Waals surface area contributed by atoms with Gasteiger partial charge in [-0.2, -0.15) is 0 Å². The third kappa shape index (κ3) is 3.93. The van der Waals surface area contributed by atoms with Gasteiger partial charge >= 0.3 is 0 Å². The molecule has 2 aromatic rings. The Morgan fingerprint density at radius 3 is 2.62 bits per heavy atom. The lowest BCUT2D eigenvalue weighted by molar-refractivity contribution is -0.384. The van der Waals surface area contributed by atoms with E-state index in [1.54, 1.807) is 6.07 Å². The molecule has 0 unspecified atom stereocenters. The molecule has 110 valence electrons. The lowest BCUT2D eigenvalue weighted by atomic mass is 10.2. The fourth-order valence-electron chi connectivity index (χ4n) is 1.71. The molecule has 0 aliphatic rings. The van der Waals surface area contributed by atoms with Gasteiger partial charge in [-0.25, -0.2) is 0 Å². The second kappa shape index (κ2) is 6.89. The van der Waals surface area contributed by atoms with Crippen molar-refractivity contribution >= 4 is 33.2 Å². The number of rotatable bonds is 5. The van der Waals surface area contributed by atoms with Crippen molar-refractivity contribution in [2.45, 2.75) is 13.2 Å². The van der Waals surface area contributed by atoms with Gasteiger partial charge in [0.1, 0.15) is 12.4 Å². The Kier molecular flexibility index (Phi) is 5.17. The standard InChI is InChI=1S/C14H12BrClN2O3/c15-12-5-9(7-17)1-4-14(12)21-8-10-2-3-11(18(19)20)6-13(10)16/h1-6H,7-8,17H2. The normalized spacial score (nSPS) is 10.4. The molecule has 0 bridgehead atoms. The first kappa shape index (κ1) is 15.8. The van der Waals surface area contributed by atoms with Gasteiger partial charge in [-0.1, -0.05) is 17.7 Å². The van der Waals surface area contributed by atoms with Crippen molar-refractivity contribution in [3.05, 3.63) is 67.1 Å². The zero-order valence-corrected chi connectivity index (χ0v) is 13.2. The van der Waals surface area contributed by atoms with Crippen LogP contribution in [0, 0.1) is 10.1 Å². The van der Waals surface area contributed by atoms with E-state index in [4.69, 9.17) is 22.1 Å². The van der Waals surface area contributed by atoms with Crippen molar-refractivity contribution in [2.24, 2.45) is 5.73 Å². The van der Waals surface area contributed by atoms with Crippen molar-refractivity contribution in [1.82, 2.24) is 0 Å². The van der Waals surface area contributed by atoms with Crippen LogP contribution in [-0.4, -0.2) is 4.92 Å². The number of non-ortho nitro benzene ring substituents is 1. The molecule has 0 aliphatic heterocycles. The van der Waals surface area contributed by atoms with Gasteiger partial charge in [0, 0.05) is 24.2 Å². The Morgan fingerprint density at radius 1 is 1.29 bits per heavy atom. The molecule has 0 aromatic heterocycles. The molecule has 0 saturated heterocycles. The highest BCUT2D eigenvalue weighted by Crippen LogP contribution is 2.28. The largest absolute Gasteiger partial charge is 0.488 e. The van der Waals surface area contributed by atoms with Crippen LogP contribution < -0.4 is 10.5 Å². The van der Waals surface area contributed by atoms with Gasteiger partial charge in [0.25, 0.3) is 5.69 Å². The summed E-state index contributed by atoms with van der Waals surface area (Å²) in [6.45, 7) is 0.671. The summed E-state index contributed by atoms with van der Waals surface area (Å²) >= 11 is 9.42. The summed E-state index contributed by atoms with van der Waals surface area (Å²) in [6, 6.07) is 9.86. The summed E-state index contributed by atoms with van der Waals surface area (Å²) in [5, 5.41) is 11.0. The molecular weight excluding hydrogens is 360 g/mol. The Morgan fingerprint density at radius 2 is 2.05 bits per heavy atom. The lowest BCUT2D eigenvalue weighted by Crippen LogP contribution is -2.00. The highest BCUT2D eigenvalue weighted by Gasteiger charge is 2.10.